The van der Waals surface area contributed by atoms with E-state index in [4.69, 9.17) is 4.74 Å². The van der Waals surface area contributed by atoms with E-state index in [2.05, 4.69) is 25.6 Å². The second kappa shape index (κ2) is 10.4. The van der Waals surface area contributed by atoms with Crippen LogP contribution in [0.15, 0.2) is 48.7 Å². The number of fused-ring (bicyclic) bond motifs is 1. The van der Waals surface area contributed by atoms with Crippen LogP contribution < -0.4 is 10.6 Å². The van der Waals surface area contributed by atoms with Crippen molar-refractivity contribution in [2.45, 2.75) is 38.8 Å². The lowest BCUT2D eigenvalue weighted by Gasteiger charge is -2.40. The number of carbonyl (C=O) groups excluding carboxylic acids is 2. The van der Waals surface area contributed by atoms with Crippen LogP contribution in [-0.2, 0) is 16.0 Å². The van der Waals surface area contributed by atoms with Gasteiger partial charge >= 0.3 is 6.09 Å². The third-order valence-electron chi connectivity index (χ3n) is 6.19. The molecule has 0 atom stereocenters. The first-order valence-corrected chi connectivity index (χ1v) is 12.6. The molecule has 0 unspecified atom stereocenters. The predicted molar refractivity (Wildman–Crippen MR) is 144 cm³/mol. The van der Waals surface area contributed by atoms with Gasteiger partial charge in [-0.25, -0.2) is 23.5 Å². The maximum absolute atomic E-state index is 14.4. The number of carbonyl (C=O) groups is 2. The summed E-state index contributed by atoms with van der Waals surface area (Å²) in [4.78, 5) is 37.2. The lowest BCUT2D eigenvalue weighted by molar-refractivity contribution is -0.122. The highest BCUT2D eigenvalue weighted by molar-refractivity contribution is 5.96. The summed E-state index contributed by atoms with van der Waals surface area (Å²) in [7, 11) is 0. The number of likely N-dealkylation sites (tertiary alicyclic amines) is 1. The molecule has 0 aliphatic carbocycles. The van der Waals surface area contributed by atoms with E-state index < -0.39 is 23.3 Å². The second-order valence-electron chi connectivity index (χ2n) is 10.5. The van der Waals surface area contributed by atoms with Gasteiger partial charge in [0.15, 0.2) is 5.82 Å². The molecule has 40 heavy (non-hydrogen) atoms. The second-order valence-corrected chi connectivity index (χ2v) is 10.5. The highest BCUT2D eigenvalue weighted by Gasteiger charge is 2.34. The first kappa shape index (κ1) is 26.9. The molecule has 208 valence electrons. The summed E-state index contributed by atoms with van der Waals surface area (Å²) in [5.41, 5.74) is 0.625. The van der Waals surface area contributed by atoms with E-state index in [1.165, 1.54) is 17.2 Å². The molecule has 2 amide bonds. The van der Waals surface area contributed by atoms with Gasteiger partial charge in [0.2, 0.25) is 11.8 Å². The number of anilines is 2. The Hall–Kier alpha value is -4.74. The van der Waals surface area contributed by atoms with Crippen molar-refractivity contribution in [3.05, 3.63) is 65.9 Å². The molecule has 2 aromatic carbocycles. The van der Waals surface area contributed by atoms with Gasteiger partial charge in [0.1, 0.15) is 28.4 Å². The molecule has 1 aliphatic rings. The highest BCUT2D eigenvalue weighted by atomic mass is 19.1. The van der Waals surface area contributed by atoms with Crippen molar-refractivity contribution in [1.82, 2.24) is 25.2 Å². The third kappa shape index (κ3) is 5.80. The van der Waals surface area contributed by atoms with Gasteiger partial charge in [0, 0.05) is 25.0 Å². The first-order valence-electron chi connectivity index (χ1n) is 12.6. The van der Waals surface area contributed by atoms with Crippen LogP contribution in [0.4, 0.5) is 25.1 Å². The number of H-pyrrole nitrogens is 1. The lowest BCUT2D eigenvalue weighted by atomic mass is 10.1. The maximum Gasteiger partial charge on any atom is 0.410 e. The van der Waals surface area contributed by atoms with Gasteiger partial charge in [-0.3, -0.25) is 4.79 Å². The van der Waals surface area contributed by atoms with Crippen LogP contribution in [0.5, 0.6) is 5.88 Å². The van der Waals surface area contributed by atoms with Crippen LogP contribution in [0.1, 0.15) is 26.3 Å². The van der Waals surface area contributed by atoms with Crippen LogP contribution >= 0.6 is 0 Å². The molecule has 0 bridgehead atoms. The summed E-state index contributed by atoms with van der Waals surface area (Å²) < 4.78 is 34.2. The Balaban J connectivity index is 1.24. The van der Waals surface area contributed by atoms with Crippen molar-refractivity contribution in [3.63, 3.8) is 0 Å². The van der Waals surface area contributed by atoms with Crippen LogP contribution in [0.2, 0.25) is 0 Å². The summed E-state index contributed by atoms with van der Waals surface area (Å²) in [6.45, 7) is 6.18. The fourth-order valence-electron chi connectivity index (χ4n) is 4.29. The average molecular weight is 551 g/mol. The number of aromatic hydroxyl groups is 1. The fourth-order valence-corrected chi connectivity index (χ4v) is 4.29. The van der Waals surface area contributed by atoms with Gasteiger partial charge in [-0.05, 0) is 50.6 Å². The Labute approximate surface area is 228 Å². The minimum absolute atomic E-state index is 0.135. The van der Waals surface area contributed by atoms with Crippen LogP contribution in [0.25, 0.3) is 22.3 Å². The molecule has 12 heteroatoms. The summed E-state index contributed by atoms with van der Waals surface area (Å²) in [6.07, 6.45) is 1.15. The Morgan fingerprint density at radius 2 is 1.77 bits per heavy atom. The molecule has 4 N–H and O–H groups in total. The summed E-state index contributed by atoms with van der Waals surface area (Å²) in [5.74, 6) is -2.04. The minimum atomic E-state index is -0.813. The summed E-state index contributed by atoms with van der Waals surface area (Å²) in [5, 5.41) is 16.5. The molecule has 0 saturated carbocycles. The molecule has 1 fully saturated rings. The van der Waals surface area contributed by atoms with E-state index in [1.807, 2.05) is 0 Å². The number of nitrogens with one attached hydrogen (secondary N) is 3. The van der Waals surface area contributed by atoms with E-state index in [1.54, 1.807) is 45.0 Å². The van der Waals surface area contributed by atoms with Crippen LogP contribution in [0.3, 0.4) is 0 Å². The molecule has 5 rings (SSSR count). The maximum atomic E-state index is 14.4. The molecule has 2 aromatic heterocycles. The van der Waals surface area contributed by atoms with Crippen LogP contribution in [0, 0.1) is 11.6 Å². The quantitative estimate of drug-likeness (QED) is 0.275. The number of benzene rings is 2. The van der Waals surface area contributed by atoms with Crippen molar-refractivity contribution < 1.29 is 28.2 Å². The number of rotatable bonds is 6. The van der Waals surface area contributed by atoms with Gasteiger partial charge in [-0.1, -0.05) is 18.2 Å². The normalized spacial score (nSPS) is 13.7. The summed E-state index contributed by atoms with van der Waals surface area (Å²) >= 11 is 0. The fraction of sp³-hybridized carbons (Fsp3) is 0.286. The third-order valence-corrected chi connectivity index (χ3v) is 6.19. The van der Waals surface area contributed by atoms with Gasteiger partial charge in [0.25, 0.3) is 0 Å². The monoisotopic (exact) mass is 550 g/mol. The number of amides is 2. The number of hydrogen-bond donors (Lipinski definition) is 4. The van der Waals surface area contributed by atoms with E-state index in [0.717, 1.165) is 17.7 Å². The molecule has 1 aliphatic heterocycles. The first-order chi connectivity index (χ1) is 19.0. The Kier molecular flexibility index (Phi) is 7.01. The van der Waals surface area contributed by atoms with Crippen molar-refractivity contribution in [2.24, 2.45) is 0 Å². The van der Waals surface area contributed by atoms with Crippen molar-refractivity contribution >= 4 is 34.4 Å². The number of ether oxygens (including phenoxy) is 1. The van der Waals surface area contributed by atoms with Gasteiger partial charge in [-0.15, -0.1) is 0 Å². The Morgan fingerprint density at radius 3 is 2.42 bits per heavy atom. The van der Waals surface area contributed by atoms with Gasteiger partial charge in [0.05, 0.1) is 23.5 Å². The molecule has 3 heterocycles. The number of aromatic nitrogens is 3. The highest BCUT2D eigenvalue weighted by Crippen LogP contribution is 2.34. The van der Waals surface area contributed by atoms with E-state index in [-0.39, 0.29) is 52.4 Å². The van der Waals surface area contributed by atoms with E-state index in [9.17, 15) is 23.5 Å². The molecular weight excluding hydrogens is 522 g/mol. The smallest absolute Gasteiger partial charge is 0.410 e. The number of halogens is 2. The molecule has 1 saturated heterocycles. The molecular formula is C28H28F2N6O4. The molecule has 10 nitrogen and oxygen atoms in total. The van der Waals surface area contributed by atoms with Crippen molar-refractivity contribution in [3.8, 4) is 17.3 Å². The Bertz CT molecular complexity index is 1560. The van der Waals surface area contributed by atoms with Crippen molar-refractivity contribution in [2.75, 3.05) is 18.4 Å². The summed E-state index contributed by atoms with van der Waals surface area (Å²) in [6, 6.07) is 10.3. The molecule has 0 spiro atoms. The Morgan fingerprint density at radius 1 is 1.10 bits per heavy atom. The zero-order valence-electron chi connectivity index (χ0n) is 22.1. The average Bonchev–Trinajstić information content (AvgIpc) is 3.22. The topological polar surface area (TPSA) is 132 Å². The van der Waals surface area contributed by atoms with Gasteiger partial charge < -0.3 is 30.4 Å². The lowest BCUT2D eigenvalue weighted by Crippen LogP contribution is -2.61. The zero-order valence-corrected chi connectivity index (χ0v) is 22.1. The van der Waals surface area contributed by atoms with Gasteiger partial charge in [-0.2, -0.15) is 0 Å². The molecule has 0 radical (unpaired) electrons. The number of aromatic amines is 1. The van der Waals surface area contributed by atoms with Crippen LogP contribution in [-0.4, -0.2) is 61.7 Å². The predicted octanol–water partition coefficient (Wildman–Crippen LogP) is 4.63. The SMILES string of the molecule is CC(C)(C)OC(=O)N1CC(NC(=O)Cc2ccc(Nc3nc(-c4c(F)cccc4F)nc4c[nH]c(O)c34)cc2)C1. The van der Waals surface area contributed by atoms with E-state index in [0.29, 0.717) is 18.8 Å². The van der Waals surface area contributed by atoms with Crippen molar-refractivity contribution in [1.29, 1.82) is 0 Å². The molecule has 4 aromatic rings. The standard InChI is InChI=1S/C28H28F2N6O4/c1-28(2,3)40-27(39)36-13-17(14-36)32-21(37)11-15-7-9-16(10-8-15)33-25-23-20(12-31-26(23)38)34-24(35-25)22-18(29)5-4-6-19(22)30/h4-10,12,17,31,38H,11,13-14H2,1-3H3,(H,32,37)(H,33,34,35). The minimum Gasteiger partial charge on any atom is -0.494 e. The largest absolute Gasteiger partial charge is 0.494 e. The zero-order chi connectivity index (χ0) is 28.6. The number of hydrogen-bond acceptors (Lipinski definition) is 7. The van der Waals surface area contributed by atoms with E-state index >= 15 is 0 Å². The number of nitrogens with zero attached hydrogens (tertiary/aromatic N) is 3.